The van der Waals surface area contributed by atoms with Crippen molar-refractivity contribution in [3.05, 3.63) is 48.3 Å². The summed E-state index contributed by atoms with van der Waals surface area (Å²) >= 11 is 1.85. The van der Waals surface area contributed by atoms with E-state index < -0.39 is 0 Å². The Hall–Kier alpha value is -1.81. The molecule has 0 aliphatic heterocycles. The summed E-state index contributed by atoms with van der Waals surface area (Å²) in [4.78, 5) is 5.68. The molecule has 19 heavy (non-hydrogen) atoms. The molecular formula is C15H15N3S. The lowest BCUT2D eigenvalue weighted by Gasteiger charge is -2.03. The van der Waals surface area contributed by atoms with Gasteiger partial charge in [0.2, 0.25) is 0 Å². The monoisotopic (exact) mass is 269 g/mol. The van der Waals surface area contributed by atoms with Crippen LogP contribution in [0.4, 0.5) is 0 Å². The summed E-state index contributed by atoms with van der Waals surface area (Å²) in [5.74, 6) is 1.10. The van der Waals surface area contributed by atoms with Gasteiger partial charge in [-0.15, -0.1) is 11.8 Å². The van der Waals surface area contributed by atoms with Crippen molar-refractivity contribution in [2.24, 2.45) is 0 Å². The van der Waals surface area contributed by atoms with Crippen LogP contribution in [0.5, 0.6) is 0 Å². The molecule has 0 amide bonds. The Bertz CT molecular complexity index is 701. The zero-order valence-electron chi connectivity index (χ0n) is 11.0. The summed E-state index contributed by atoms with van der Waals surface area (Å²) in [7, 11) is 0. The minimum Gasteiger partial charge on any atom is -0.232 e. The lowest BCUT2D eigenvalue weighted by Crippen LogP contribution is -1.92. The first-order chi connectivity index (χ1) is 9.26. The third-order valence-corrected chi connectivity index (χ3v) is 3.80. The third-order valence-electron chi connectivity index (χ3n) is 2.90. The predicted molar refractivity (Wildman–Crippen MR) is 79.6 cm³/mol. The third kappa shape index (κ3) is 2.49. The fraction of sp³-hybridized carbons (Fsp3) is 0.200. The van der Waals surface area contributed by atoms with Crippen molar-refractivity contribution in [1.82, 2.24) is 14.6 Å². The molecule has 0 spiro atoms. The van der Waals surface area contributed by atoms with Crippen LogP contribution in [0.25, 0.3) is 16.9 Å². The number of fused-ring (bicyclic) bond motifs is 1. The van der Waals surface area contributed by atoms with Crippen molar-refractivity contribution >= 4 is 17.4 Å². The Kier molecular flexibility index (Phi) is 3.25. The van der Waals surface area contributed by atoms with E-state index in [-0.39, 0.29) is 0 Å². The average Bonchev–Trinajstić information content (AvgIpc) is 2.79. The van der Waals surface area contributed by atoms with E-state index in [0.717, 1.165) is 28.4 Å². The Labute approximate surface area is 116 Å². The molecule has 0 unspecified atom stereocenters. The van der Waals surface area contributed by atoms with Gasteiger partial charge in [0, 0.05) is 10.5 Å². The fourth-order valence-corrected chi connectivity index (χ4v) is 2.70. The van der Waals surface area contributed by atoms with Gasteiger partial charge in [0.25, 0.3) is 0 Å². The van der Waals surface area contributed by atoms with Crippen molar-refractivity contribution in [3.8, 4) is 11.3 Å². The summed E-state index contributed by atoms with van der Waals surface area (Å²) < 4.78 is 1.83. The van der Waals surface area contributed by atoms with Gasteiger partial charge in [-0.3, -0.25) is 0 Å². The number of hydrogen-bond donors (Lipinski definition) is 0. The van der Waals surface area contributed by atoms with Gasteiger partial charge in [0.1, 0.15) is 0 Å². The first-order valence-corrected chi connectivity index (χ1v) is 7.31. The van der Waals surface area contributed by atoms with Crippen LogP contribution in [0.1, 0.15) is 12.6 Å². The second-order valence-corrected chi connectivity index (χ2v) is 5.70. The number of hydrogen-bond acceptors (Lipinski definition) is 3. The molecule has 0 fully saturated rings. The molecule has 0 aliphatic carbocycles. The fourth-order valence-electron chi connectivity index (χ4n) is 2.04. The number of aromatic nitrogens is 3. The van der Waals surface area contributed by atoms with Crippen LogP contribution in [0.15, 0.2) is 47.5 Å². The van der Waals surface area contributed by atoms with E-state index >= 15 is 0 Å². The predicted octanol–water partition coefficient (Wildman–Crippen LogP) is 3.82. The molecule has 2 aromatic heterocycles. The lowest BCUT2D eigenvalue weighted by molar-refractivity contribution is 0.941. The summed E-state index contributed by atoms with van der Waals surface area (Å²) in [5, 5.41) is 4.59. The summed E-state index contributed by atoms with van der Waals surface area (Å²) in [6.07, 6.45) is 1.94. The lowest BCUT2D eigenvalue weighted by atomic mass is 10.1. The van der Waals surface area contributed by atoms with Gasteiger partial charge < -0.3 is 0 Å². The van der Waals surface area contributed by atoms with E-state index in [1.165, 1.54) is 4.90 Å². The van der Waals surface area contributed by atoms with E-state index in [1.54, 1.807) is 0 Å². The first-order valence-electron chi connectivity index (χ1n) is 6.32. The van der Waals surface area contributed by atoms with Crippen LogP contribution < -0.4 is 0 Å². The number of aryl methyl sites for hydroxylation is 1. The van der Waals surface area contributed by atoms with Gasteiger partial charge in [0.15, 0.2) is 5.65 Å². The van der Waals surface area contributed by atoms with Gasteiger partial charge >= 0.3 is 0 Å². The molecule has 0 aliphatic rings. The Balaban J connectivity index is 1.98. The minimum atomic E-state index is 0.888. The molecule has 1 aromatic carbocycles. The molecule has 0 saturated heterocycles. The average molecular weight is 269 g/mol. The smallest absolute Gasteiger partial charge is 0.153 e. The SMILES string of the molecule is CCSc1ccc(-c2ccc3nc(C)cn3n2)cc1. The highest BCUT2D eigenvalue weighted by atomic mass is 32.2. The van der Waals surface area contributed by atoms with Gasteiger partial charge in [-0.25, -0.2) is 9.50 Å². The number of nitrogens with zero attached hydrogens (tertiary/aromatic N) is 3. The summed E-state index contributed by atoms with van der Waals surface area (Å²) in [5.41, 5.74) is 3.98. The number of thioether (sulfide) groups is 1. The Morgan fingerprint density at radius 1 is 1.11 bits per heavy atom. The molecule has 0 radical (unpaired) electrons. The molecule has 3 aromatic rings. The van der Waals surface area contributed by atoms with Crippen molar-refractivity contribution in [2.45, 2.75) is 18.7 Å². The van der Waals surface area contributed by atoms with Crippen LogP contribution in [0, 0.1) is 6.92 Å². The number of benzene rings is 1. The van der Waals surface area contributed by atoms with Crippen LogP contribution in [-0.4, -0.2) is 20.4 Å². The van der Waals surface area contributed by atoms with E-state index in [9.17, 15) is 0 Å². The van der Waals surface area contributed by atoms with Gasteiger partial charge in [-0.05, 0) is 36.9 Å². The van der Waals surface area contributed by atoms with Gasteiger partial charge in [0.05, 0.1) is 17.6 Å². The highest BCUT2D eigenvalue weighted by molar-refractivity contribution is 7.99. The largest absolute Gasteiger partial charge is 0.232 e. The van der Waals surface area contributed by atoms with E-state index in [1.807, 2.05) is 41.5 Å². The molecule has 0 saturated carbocycles. The maximum atomic E-state index is 4.59. The second-order valence-electron chi connectivity index (χ2n) is 4.36. The molecule has 0 atom stereocenters. The minimum absolute atomic E-state index is 0.888. The molecule has 0 bridgehead atoms. The van der Waals surface area contributed by atoms with E-state index in [4.69, 9.17) is 0 Å². The second kappa shape index (κ2) is 5.05. The summed E-state index contributed by atoms with van der Waals surface area (Å²) in [6.45, 7) is 4.14. The highest BCUT2D eigenvalue weighted by Crippen LogP contribution is 2.23. The molecule has 3 rings (SSSR count). The van der Waals surface area contributed by atoms with Crippen LogP contribution in [-0.2, 0) is 0 Å². The normalized spacial score (nSPS) is 11.1. The topological polar surface area (TPSA) is 30.2 Å². The number of rotatable bonds is 3. The quantitative estimate of drug-likeness (QED) is 0.677. The molecule has 96 valence electrons. The van der Waals surface area contributed by atoms with Crippen molar-refractivity contribution < 1.29 is 0 Å². The van der Waals surface area contributed by atoms with Gasteiger partial charge in [-0.2, -0.15) is 5.10 Å². The maximum Gasteiger partial charge on any atom is 0.153 e. The van der Waals surface area contributed by atoms with Crippen molar-refractivity contribution in [1.29, 1.82) is 0 Å². The number of imidazole rings is 1. The standard InChI is InChI=1S/C15H15N3S/c1-3-19-13-6-4-12(5-7-13)14-8-9-15-16-11(2)10-18(15)17-14/h4-10H,3H2,1-2H3. The molecular weight excluding hydrogens is 254 g/mol. The van der Waals surface area contributed by atoms with E-state index in [2.05, 4.69) is 41.3 Å². The maximum absolute atomic E-state index is 4.59. The van der Waals surface area contributed by atoms with E-state index in [0.29, 0.717) is 0 Å². The Morgan fingerprint density at radius 2 is 1.89 bits per heavy atom. The van der Waals surface area contributed by atoms with Crippen LogP contribution in [0.2, 0.25) is 0 Å². The first kappa shape index (κ1) is 12.2. The molecule has 0 N–H and O–H groups in total. The van der Waals surface area contributed by atoms with Gasteiger partial charge in [-0.1, -0.05) is 19.1 Å². The zero-order valence-corrected chi connectivity index (χ0v) is 11.8. The van der Waals surface area contributed by atoms with Crippen LogP contribution in [0.3, 0.4) is 0 Å². The molecule has 4 heteroatoms. The summed E-state index contributed by atoms with van der Waals surface area (Å²) in [6, 6.07) is 12.6. The highest BCUT2D eigenvalue weighted by Gasteiger charge is 2.03. The van der Waals surface area contributed by atoms with Crippen molar-refractivity contribution in [2.75, 3.05) is 5.75 Å². The van der Waals surface area contributed by atoms with Crippen molar-refractivity contribution in [3.63, 3.8) is 0 Å². The Morgan fingerprint density at radius 3 is 2.63 bits per heavy atom. The van der Waals surface area contributed by atoms with Crippen LogP contribution >= 0.6 is 11.8 Å². The molecule has 3 nitrogen and oxygen atoms in total. The molecule has 2 heterocycles. The zero-order chi connectivity index (χ0) is 13.2.